The second kappa shape index (κ2) is 50.0. The maximum atomic E-state index is 12.8. The van der Waals surface area contributed by atoms with Crippen LogP contribution < -0.4 is 0 Å². The first-order valence-corrected chi connectivity index (χ1v) is 26.1. The van der Waals surface area contributed by atoms with Crippen LogP contribution in [0, 0.1) is 0 Å². The van der Waals surface area contributed by atoms with Crippen LogP contribution in [0.2, 0.25) is 0 Å². The van der Waals surface area contributed by atoms with Crippen LogP contribution in [0.1, 0.15) is 265 Å². The van der Waals surface area contributed by atoms with Gasteiger partial charge >= 0.3 is 17.9 Å². The number of carbonyl (C=O) groups excluding carboxylic acids is 3. The smallest absolute Gasteiger partial charge is 0.306 e. The highest BCUT2D eigenvalue weighted by Gasteiger charge is 2.19. The van der Waals surface area contributed by atoms with Crippen molar-refractivity contribution in [3.8, 4) is 0 Å². The van der Waals surface area contributed by atoms with Crippen LogP contribution in [0.5, 0.6) is 0 Å². The summed E-state index contributed by atoms with van der Waals surface area (Å²) in [6.07, 6.45) is 59.5. The summed E-state index contributed by atoms with van der Waals surface area (Å²) in [5.74, 6) is -0.894. The Morgan fingerprint density at radius 1 is 0.344 bits per heavy atom. The molecule has 0 radical (unpaired) electrons. The molecule has 0 bridgehead atoms. The van der Waals surface area contributed by atoms with Gasteiger partial charge in [0, 0.05) is 19.3 Å². The molecule has 0 heterocycles. The van der Waals surface area contributed by atoms with Crippen molar-refractivity contribution in [2.45, 2.75) is 271 Å². The van der Waals surface area contributed by atoms with Crippen LogP contribution >= 0.6 is 0 Å². The standard InChI is InChI=1S/C55H98O6/c1-4-7-10-13-16-19-22-24-25-26-27-28-29-31-33-36-39-42-45-48-54(57)60-51-52(50-59-53(56)47-44-41-38-35-32-21-18-15-12-9-6-3)61-55(58)49-46-43-40-37-34-30-23-20-17-14-11-8-5-2/h7,10,16,19,24-25,30,34,52H,4-6,8-9,11-15,17-18,20-23,26-29,31-33,35-51H2,1-3H3/b10-7-,19-16-,25-24-,34-30-. The van der Waals surface area contributed by atoms with Gasteiger partial charge in [-0.3, -0.25) is 14.4 Å². The first kappa shape index (κ1) is 58.4. The molecule has 0 aromatic heterocycles. The Hall–Kier alpha value is -2.63. The lowest BCUT2D eigenvalue weighted by Crippen LogP contribution is -2.30. The summed E-state index contributed by atoms with van der Waals surface area (Å²) in [5.41, 5.74) is 0. The van der Waals surface area contributed by atoms with Crippen molar-refractivity contribution in [3.05, 3.63) is 48.6 Å². The second-order valence-corrected chi connectivity index (χ2v) is 17.4. The molecule has 0 aliphatic heterocycles. The van der Waals surface area contributed by atoms with Crippen LogP contribution in [0.25, 0.3) is 0 Å². The average molecular weight is 855 g/mol. The number of hydrogen-bond donors (Lipinski definition) is 0. The molecule has 0 saturated heterocycles. The molecule has 354 valence electrons. The summed E-state index contributed by atoms with van der Waals surface area (Å²) < 4.78 is 16.8. The molecule has 0 aromatic carbocycles. The van der Waals surface area contributed by atoms with Crippen LogP contribution in [-0.4, -0.2) is 37.2 Å². The third-order valence-electron chi connectivity index (χ3n) is 11.3. The quantitative estimate of drug-likeness (QED) is 0.0263. The van der Waals surface area contributed by atoms with Crippen molar-refractivity contribution in [2.75, 3.05) is 13.2 Å². The van der Waals surface area contributed by atoms with E-state index in [2.05, 4.69) is 69.4 Å². The van der Waals surface area contributed by atoms with E-state index in [4.69, 9.17) is 14.2 Å². The normalized spacial score (nSPS) is 12.4. The van der Waals surface area contributed by atoms with Crippen LogP contribution in [-0.2, 0) is 28.6 Å². The molecule has 61 heavy (non-hydrogen) atoms. The lowest BCUT2D eigenvalue weighted by Gasteiger charge is -2.18. The monoisotopic (exact) mass is 855 g/mol. The number of hydrogen-bond acceptors (Lipinski definition) is 6. The summed E-state index contributed by atoms with van der Waals surface area (Å²) in [7, 11) is 0. The maximum absolute atomic E-state index is 12.8. The van der Waals surface area contributed by atoms with Crippen LogP contribution in [0.3, 0.4) is 0 Å². The number of rotatable bonds is 47. The van der Waals surface area contributed by atoms with Crippen molar-refractivity contribution in [1.82, 2.24) is 0 Å². The predicted octanol–water partition coefficient (Wildman–Crippen LogP) is 17.1. The van der Waals surface area contributed by atoms with Crippen molar-refractivity contribution >= 4 is 17.9 Å². The van der Waals surface area contributed by atoms with Gasteiger partial charge in [0.05, 0.1) is 0 Å². The van der Waals surface area contributed by atoms with E-state index in [-0.39, 0.29) is 31.1 Å². The first-order valence-electron chi connectivity index (χ1n) is 26.1. The summed E-state index contributed by atoms with van der Waals surface area (Å²) in [6, 6.07) is 0. The Bertz CT molecular complexity index is 1070. The highest BCUT2D eigenvalue weighted by molar-refractivity contribution is 5.71. The Balaban J connectivity index is 4.33. The van der Waals surface area contributed by atoms with Crippen molar-refractivity contribution < 1.29 is 28.6 Å². The summed E-state index contributed by atoms with van der Waals surface area (Å²) in [4.78, 5) is 37.9. The van der Waals surface area contributed by atoms with E-state index in [9.17, 15) is 14.4 Å². The minimum absolute atomic E-state index is 0.0784. The molecule has 0 N–H and O–H groups in total. The summed E-state index contributed by atoms with van der Waals surface area (Å²) >= 11 is 0. The molecule has 0 rings (SSSR count). The fourth-order valence-corrected chi connectivity index (χ4v) is 7.39. The lowest BCUT2D eigenvalue weighted by atomic mass is 10.1. The van der Waals surface area contributed by atoms with Crippen LogP contribution in [0.4, 0.5) is 0 Å². The molecular formula is C55H98O6. The zero-order valence-electron chi connectivity index (χ0n) is 40.4. The summed E-state index contributed by atoms with van der Waals surface area (Å²) in [6.45, 7) is 6.51. The van der Waals surface area contributed by atoms with Gasteiger partial charge in [-0.1, -0.05) is 217 Å². The van der Waals surface area contributed by atoms with Crippen LogP contribution in [0.15, 0.2) is 48.6 Å². The van der Waals surface area contributed by atoms with E-state index >= 15 is 0 Å². The zero-order chi connectivity index (χ0) is 44.4. The van der Waals surface area contributed by atoms with E-state index < -0.39 is 6.10 Å². The molecule has 0 spiro atoms. The zero-order valence-corrected chi connectivity index (χ0v) is 40.4. The van der Waals surface area contributed by atoms with E-state index in [1.807, 2.05) is 0 Å². The minimum Gasteiger partial charge on any atom is -0.462 e. The van der Waals surface area contributed by atoms with Gasteiger partial charge in [-0.05, 0) is 77.0 Å². The molecule has 0 aliphatic rings. The van der Waals surface area contributed by atoms with E-state index in [0.29, 0.717) is 19.3 Å². The molecule has 0 fully saturated rings. The van der Waals surface area contributed by atoms with Crippen molar-refractivity contribution in [1.29, 1.82) is 0 Å². The largest absolute Gasteiger partial charge is 0.462 e. The number of esters is 3. The van der Waals surface area contributed by atoms with E-state index in [0.717, 1.165) is 89.9 Å². The van der Waals surface area contributed by atoms with Gasteiger partial charge in [0.2, 0.25) is 0 Å². The molecule has 1 unspecified atom stereocenters. The third-order valence-corrected chi connectivity index (χ3v) is 11.3. The second-order valence-electron chi connectivity index (χ2n) is 17.4. The average Bonchev–Trinajstić information content (AvgIpc) is 3.26. The fraction of sp³-hybridized carbons (Fsp3) is 0.800. The van der Waals surface area contributed by atoms with Gasteiger partial charge in [-0.25, -0.2) is 0 Å². The highest BCUT2D eigenvalue weighted by Crippen LogP contribution is 2.15. The Labute approximate surface area is 378 Å². The molecule has 0 aliphatic carbocycles. The molecule has 0 amide bonds. The molecule has 1 atom stereocenters. The Kier molecular flexibility index (Phi) is 47.9. The number of carbonyl (C=O) groups is 3. The minimum atomic E-state index is -0.779. The molecule has 0 saturated carbocycles. The fourth-order valence-electron chi connectivity index (χ4n) is 7.39. The maximum Gasteiger partial charge on any atom is 0.306 e. The SMILES string of the molecule is CC/C=C\C/C=C\C/C=C\CCCCCCCCCCCC(=O)OCC(COC(=O)CCCCCCCCCCCCC)OC(=O)CCCCC/C=C\CCCCCCCC. The highest BCUT2D eigenvalue weighted by atomic mass is 16.6. The van der Waals surface area contributed by atoms with Gasteiger partial charge in [0.1, 0.15) is 13.2 Å². The molecule has 6 nitrogen and oxygen atoms in total. The van der Waals surface area contributed by atoms with Gasteiger partial charge in [0.15, 0.2) is 6.10 Å². The van der Waals surface area contributed by atoms with Gasteiger partial charge < -0.3 is 14.2 Å². The third kappa shape index (κ3) is 48.3. The molecule has 0 aromatic rings. The molecular weight excluding hydrogens is 757 g/mol. The number of allylic oxidation sites excluding steroid dienone is 8. The Morgan fingerprint density at radius 2 is 0.639 bits per heavy atom. The van der Waals surface area contributed by atoms with Gasteiger partial charge in [0.25, 0.3) is 0 Å². The Morgan fingerprint density at radius 3 is 1.03 bits per heavy atom. The number of ether oxygens (including phenoxy) is 3. The first-order chi connectivity index (χ1) is 30.0. The van der Waals surface area contributed by atoms with E-state index in [1.165, 1.54) is 135 Å². The lowest BCUT2D eigenvalue weighted by molar-refractivity contribution is -0.167. The topological polar surface area (TPSA) is 78.9 Å². The summed E-state index contributed by atoms with van der Waals surface area (Å²) in [5, 5.41) is 0. The number of unbranched alkanes of at least 4 members (excludes halogenated alkanes) is 28. The molecule has 6 heteroatoms. The van der Waals surface area contributed by atoms with Crippen molar-refractivity contribution in [2.24, 2.45) is 0 Å². The van der Waals surface area contributed by atoms with E-state index in [1.54, 1.807) is 0 Å². The van der Waals surface area contributed by atoms with Crippen molar-refractivity contribution in [3.63, 3.8) is 0 Å². The predicted molar refractivity (Wildman–Crippen MR) is 261 cm³/mol. The van der Waals surface area contributed by atoms with Gasteiger partial charge in [-0.2, -0.15) is 0 Å². The van der Waals surface area contributed by atoms with Gasteiger partial charge in [-0.15, -0.1) is 0 Å².